The van der Waals surface area contributed by atoms with Crippen molar-refractivity contribution in [1.29, 1.82) is 0 Å². The summed E-state index contributed by atoms with van der Waals surface area (Å²) < 4.78 is 30.5. The van der Waals surface area contributed by atoms with Gasteiger partial charge in [-0.2, -0.15) is 12.7 Å². The van der Waals surface area contributed by atoms with Gasteiger partial charge in [-0.15, -0.1) is 0 Å². The second-order valence-electron chi connectivity index (χ2n) is 7.71. The van der Waals surface area contributed by atoms with Gasteiger partial charge in [-0.1, -0.05) is 27.7 Å². The molecule has 0 bridgehead atoms. The Morgan fingerprint density at radius 2 is 1.74 bits per heavy atom. The van der Waals surface area contributed by atoms with E-state index in [-0.39, 0.29) is 18.1 Å². The Kier molecular flexibility index (Phi) is 4.75. The summed E-state index contributed by atoms with van der Waals surface area (Å²) in [7, 11) is -3.54. The molecule has 114 valence electrons. The molecule has 1 fully saturated rings. The van der Waals surface area contributed by atoms with Crippen LogP contribution in [0.1, 0.15) is 61.3 Å². The molecular weight excluding hydrogens is 262 g/mol. The normalized spacial score (nSPS) is 26.6. The van der Waals surface area contributed by atoms with Crippen molar-refractivity contribution in [2.24, 2.45) is 11.3 Å². The van der Waals surface area contributed by atoms with E-state index >= 15 is 0 Å². The maximum Gasteiger partial charge on any atom is 0.339 e. The average Bonchev–Trinajstić information content (AvgIpc) is 2.47. The molecule has 1 saturated heterocycles. The number of hydrogen-bond acceptors (Lipinski definition) is 3. The Bertz CT molecular complexity index is 403. The van der Waals surface area contributed by atoms with E-state index in [0.29, 0.717) is 5.92 Å². The lowest BCUT2D eigenvalue weighted by Crippen LogP contribution is -2.47. The van der Waals surface area contributed by atoms with Crippen LogP contribution in [-0.4, -0.2) is 30.9 Å². The van der Waals surface area contributed by atoms with E-state index in [1.165, 1.54) is 4.31 Å². The third-order valence-electron chi connectivity index (χ3n) is 4.05. The molecule has 2 atom stereocenters. The summed E-state index contributed by atoms with van der Waals surface area (Å²) in [5, 5.41) is 0. The Morgan fingerprint density at radius 1 is 1.21 bits per heavy atom. The van der Waals surface area contributed by atoms with Gasteiger partial charge in [-0.25, -0.2) is 0 Å². The molecule has 1 rings (SSSR count). The smallest absolute Gasteiger partial charge is 0.256 e. The Hall–Kier alpha value is -0.130. The van der Waals surface area contributed by atoms with Gasteiger partial charge in [0.2, 0.25) is 0 Å². The number of nitrogens with zero attached hydrogens (tertiary/aromatic N) is 1. The highest BCUT2D eigenvalue weighted by molar-refractivity contribution is 7.84. The molecule has 0 aromatic rings. The van der Waals surface area contributed by atoms with Crippen LogP contribution in [0.5, 0.6) is 0 Å². The van der Waals surface area contributed by atoms with E-state index in [1.807, 2.05) is 20.8 Å². The molecular formula is C14H29NO3S. The molecule has 4 nitrogen and oxygen atoms in total. The highest BCUT2D eigenvalue weighted by Gasteiger charge is 2.45. The van der Waals surface area contributed by atoms with Crippen LogP contribution in [0.25, 0.3) is 0 Å². The molecule has 0 aromatic carbocycles. The highest BCUT2D eigenvalue weighted by atomic mass is 32.2. The van der Waals surface area contributed by atoms with Gasteiger partial charge < -0.3 is 0 Å². The zero-order valence-corrected chi connectivity index (χ0v) is 14.2. The van der Waals surface area contributed by atoms with Crippen molar-refractivity contribution in [3.63, 3.8) is 0 Å². The van der Waals surface area contributed by atoms with Crippen LogP contribution in [0.4, 0.5) is 0 Å². The second-order valence-corrected chi connectivity index (χ2v) is 9.19. The molecule has 0 radical (unpaired) electrons. The largest absolute Gasteiger partial charge is 0.339 e. The van der Waals surface area contributed by atoms with Crippen molar-refractivity contribution in [2.45, 2.75) is 72.9 Å². The van der Waals surface area contributed by atoms with Gasteiger partial charge >= 0.3 is 10.3 Å². The lowest BCUT2D eigenvalue weighted by atomic mass is 9.79. The third-order valence-corrected chi connectivity index (χ3v) is 5.82. The molecule has 1 aliphatic heterocycles. The molecule has 19 heavy (non-hydrogen) atoms. The molecule has 0 aliphatic carbocycles. The predicted molar refractivity (Wildman–Crippen MR) is 78.1 cm³/mol. The fraction of sp³-hybridized carbons (Fsp3) is 1.00. The van der Waals surface area contributed by atoms with Crippen molar-refractivity contribution < 1.29 is 12.6 Å². The SMILES string of the molecule is CC(CCC1COS(=O)(=O)N1C(C)(C)C)C(C)(C)C. The van der Waals surface area contributed by atoms with Crippen LogP contribution in [0.2, 0.25) is 0 Å². The molecule has 0 amide bonds. The van der Waals surface area contributed by atoms with E-state index in [9.17, 15) is 8.42 Å². The van der Waals surface area contributed by atoms with E-state index in [0.717, 1.165) is 12.8 Å². The molecule has 5 heteroatoms. The molecule has 0 aromatic heterocycles. The Balaban J connectivity index is 2.74. The first kappa shape index (κ1) is 16.9. The van der Waals surface area contributed by atoms with Crippen molar-refractivity contribution in [3.05, 3.63) is 0 Å². The lowest BCUT2D eigenvalue weighted by Gasteiger charge is -2.34. The first-order valence-corrected chi connectivity index (χ1v) is 8.41. The van der Waals surface area contributed by atoms with Crippen molar-refractivity contribution in [2.75, 3.05) is 6.61 Å². The Morgan fingerprint density at radius 3 is 2.16 bits per heavy atom. The highest BCUT2D eigenvalue weighted by Crippen LogP contribution is 2.34. The van der Waals surface area contributed by atoms with Gasteiger partial charge in [-0.05, 0) is 44.9 Å². The van der Waals surface area contributed by atoms with Crippen LogP contribution in [0, 0.1) is 11.3 Å². The summed E-state index contributed by atoms with van der Waals surface area (Å²) in [6, 6.07) is -0.0326. The van der Waals surface area contributed by atoms with Gasteiger partial charge in [0.15, 0.2) is 0 Å². The molecule has 0 N–H and O–H groups in total. The lowest BCUT2D eigenvalue weighted by molar-refractivity contribution is 0.171. The molecule has 2 unspecified atom stereocenters. The zero-order chi connectivity index (χ0) is 15.1. The first-order valence-electron chi connectivity index (χ1n) is 7.04. The summed E-state index contributed by atoms with van der Waals surface area (Å²) in [6.45, 7) is 14.9. The summed E-state index contributed by atoms with van der Waals surface area (Å²) in [6.07, 6.45) is 1.87. The third kappa shape index (κ3) is 4.17. The van der Waals surface area contributed by atoms with Gasteiger partial charge in [0.25, 0.3) is 0 Å². The van der Waals surface area contributed by atoms with Crippen LogP contribution < -0.4 is 0 Å². The monoisotopic (exact) mass is 291 g/mol. The molecule has 1 aliphatic rings. The second kappa shape index (κ2) is 5.34. The van der Waals surface area contributed by atoms with Crippen LogP contribution in [-0.2, 0) is 14.5 Å². The first-order chi connectivity index (χ1) is 8.36. The minimum absolute atomic E-state index is 0.0326. The molecule has 0 saturated carbocycles. The van der Waals surface area contributed by atoms with Crippen LogP contribution in [0.3, 0.4) is 0 Å². The zero-order valence-electron chi connectivity index (χ0n) is 13.4. The number of rotatable bonds is 3. The minimum atomic E-state index is -3.54. The van der Waals surface area contributed by atoms with Crippen molar-refractivity contribution in [1.82, 2.24) is 4.31 Å². The van der Waals surface area contributed by atoms with Crippen molar-refractivity contribution in [3.8, 4) is 0 Å². The molecule has 1 heterocycles. The maximum absolute atomic E-state index is 12.0. The van der Waals surface area contributed by atoms with Gasteiger partial charge in [0.1, 0.15) is 0 Å². The Labute approximate surface area is 118 Å². The van der Waals surface area contributed by atoms with E-state index in [4.69, 9.17) is 4.18 Å². The predicted octanol–water partition coefficient (Wildman–Crippen LogP) is 3.19. The topological polar surface area (TPSA) is 46.6 Å². The standard InChI is InChI=1S/C14H29NO3S/c1-11(13(2,3)4)8-9-12-10-18-19(16,17)15(12)14(5,6)7/h11-12H,8-10H2,1-7H3. The van der Waals surface area contributed by atoms with E-state index in [2.05, 4.69) is 27.7 Å². The summed E-state index contributed by atoms with van der Waals surface area (Å²) in [5.74, 6) is 0.553. The number of hydrogen-bond donors (Lipinski definition) is 0. The van der Waals surface area contributed by atoms with Gasteiger partial charge in [0, 0.05) is 5.54 Å². The van der Waals surface area contributed by atoms with E-state index < -0.39 is 15.8 Å². The van der Waals surface area contributed by atoms with E-state index in [1.54, 1.807) is 0 Å². The fourth-order valence-electron chi connectivity index (χ4n) is 2.43. The summed E-state index contributed by atoms with van der Waals surface area (Å²) in [5.41, 5.74) is -0.171. The van der Waals surface area contributed by atoms with Crippen LogP contribution in [0.15, 0.2) is 0 Å². The van der Waals surface area contributed by atoms with Gasteiger partial charge in [-0.3, -0.25) is 4.18 Å². The van der Waals surface area contributed by atoms with Gasteiger partial charge in [0.05, 0.1) is 12.6 Å². The summed E-state index contributed by atoms with van der Waals surface area (Å²) in [4.78, 5) is 0. The molecule has 0 spiro atoms. The average molecular weight is 291 g/mol. The van der Waals surface area contributed by atoms with Crippen molar-refractivity contribution >= 4 is 10.3 Å². The quantitative estimate of drug-likeness (QED) is 0.802. The summed E-state index contributed by atoms with van der Waals surface area (Å²) >= 11 is 0. The maximum atomic E-state index is 12.0. The minimum Gasteiger partial charge on any atom is -0.256 e. The fourth-order valence-corrected chi connectivity index (χ4v) is 4.08. The van der Waals surface area contributed by atoms with Crippen LogP contribution >= 0.6 is 0 Å².